The summed E-state index contributed by atoms with van der Waals surface area (Å²) in [5, 5.41) is 3.36. The van der Waals surface area contributed by atoms with Crippen molar-refractivity contribution in [1.82, 2.24) is 9.88 Å². The van der Waals surface area contributed by atoms with Crippen LogP contribution in [0.1, 0.15) is 49.9 Å². The molecule has 0 saturated carbocycles. The van der Waals surface area contributed by atoms with Crippen LogP contribution in [-0.4, -0.2) is 35.9 Å². The van der Waals surface area contributed by atoms with E-state index in [0.29, 0.717) is 11.6 Å². The zero-order valence-electron chi connectivity index (χ0n) is 12.4. The van der Waals surface area contributed by atoms with Crippen molar-refractivity contribution in [3.63, 3.8) is 0 Å². The largest absolute Gasteiger partial charge is 0.368 e. The molecule has 1 rings (SSSR count). The van der Waals surface area contributed by atoms with Gasteiger partial charge in [0.2, 0.25) is 0 Å². The maximum absolute atomic E-state index is 11.7. The van der Waals surface area contributed by atoms with E-state index < -0.39 is 0 Å². The fraction of sp³-hybridized carbons (Fsp3) is 0.600. The first kappa shape index (κ1) is 15.5. The number of unbranched alkanes of at least 4 members (excludes halogenated alkanes) is 2. The van der Waals surface area contributed by atoms with Crippen LogP contribution in [0, 0.1) is 0 Å². The van der Waals surface area contributed by atoms with Gasteiger partial charge in [-0.3, -0.25) is 4.79 Å². The molecule has 0 aliphatic carbocycles. The zero-order chi connectivity index (χ0) is 14.3. The molecule has 0 bridgehead atoms. The summed E-state index contributed by atoms with van der Waals surface area (Å²) in [5.41, 5.74) is 0.620. The molecule has 1 atom stereocenters. The molecule has 0 saturated heterocycles. The van der Waals surface area contributed by atoms with Crippen molar-refractivity contribution in [2.24, 2.45) is 0 Å². The molecular formula is C15H25N3O. The zero-order valence-corrected chi connectivity index (χ0v) is 12.4. The van der Waals surface area contributed by atoms with Crippen LogP contribution in [0.25, 0.3) is 0 Å². The summed E-state index contributed by atoms with van der Waals surface area (Å²) in [6, 6.07) is 4.10. The topological polar surface area (TPSA) is 45.2 Å². The Kier molecular flexibility index (Phi) is 6.33. The van der Waals surface area contributed by atoms with Crippen LogP contribution in [0.4, 0.5) is 5.82 Å². The molecule has 1 amide bonds. The standard InChI is InChI=1S/C15H25N3O/c1-5-6-7-8-12(2)17-14-10-9-13(11-16-14)15(19)18(3)4/h9-12H,5-8H2,1-4H3,(H,16,17). The third kappa shape index (κ3) is 5.28. The summed E-state index contributed by atoms with van der Waals surface area (Å²) in [5.74, 6) is 0.814. The summed E-state index contributed by atoms with van der Waals surface area (Å²) in [6.07, 6.45) is 6.53. The number of nitrogens with one attached hydrogen (secondary N) is 1. The average molecular weight is 263 g/mol. The quantitative estimate of drug-likeness (QED) is 0.769. The Morgan fingerprint density at radius 3 is 2.63 bits per heavy atom. The first-order chi connectivity index (χ1) is 9.04. The van der Waals surface area contributed by atoms with Crippen molar-refractivity contribution in [2.75, 3.05) is 19.4 Å². The lowest BCUT2D eigenvalue weighted by molar-refractivity contribution is 0.0827. The summed E-state index contributed by atoms with van der Waals surface area (Å²) < 4.78 is 0. The van der Waals surface area contributed by atoms with Crippen molar-refractivity contribution in [2.45, 2.75) is 45.6 Å². The Morgan fingerprint density at radius 2 is 2.11 bits per heavy atom. The van der Waals surface area contributed by atoms with Crippen molar-refractivity contribution in [3.8, 4) is 0 Å². The second-order valence-electron chi connectivity index (χ2n) is 5.17. The average Bonchev–Trinajstić information content (AvgIpc) is 2.39. The van der Waals surface area contributed by atoms with Crippen molar-refractivity contribution in [1.29, 1.82) is 0 Å². The number of nitrogens with zero attached hydrogens (tertiary/aromatic N) is 2. The highest BCUT2D eigenvalue weighted by atomic mass is 16.2. The minimum atomic E-state index is -0.0185. The monoisotopic (exact) mass is 263 g/mol. The lowest BCUT2D eigenvalue weighted by Gasteiger charge is -2.15. The van der Waals surface area contributed by atoms with Crippen LogP contribution in [0.2, 0.25) is 0 Å². The van der Waals surface area contributed by atoms with Gasteiger partial charge in [-0.2, -0.15) is 0 Å². The van der Waals surface area contributed by atoms with E-state index in [1.165, 1.54) is 19.3 Å². The fourth-order valence-electron chi connectivity index (χ4n) is 1.89. The minimum Gasteiger partial charge on any atom is -0.368 e. The molecule has 0 fully saturated rings. The molecule has 1 heterocycles. The van der Waals surface area contributed by atoms with E-state index in [1.54, 1.807) is 25.2 Å². The van der Waals surface area contributed by atoms with Gasteiger partial charge in [0.25, 0.3) is 5.91 Å². The van der Waals surface area contributed by atoms with Gasteiger partial charge in [-0.05, 0) is 25.5 Å². The van der Waals surface area contributed by atoms with E-state index in [-0.39, 0.29) is 5.91 Å². The smallest absolute Gasteiger partial charge is 0.254 e. The second kappa shape index (κ2) is 7.77. The summed E-state index contributed by atoms with van der Waals surface area (Å²) >= 11 is 0. The molecule has 19 heavy (non-hydrogen) atoms. The van der Waals surface area contributed by atoms with Gasteiger partial charge in [-0.1, -0.05) is 26.2 Å². The van der Waals surface area contributed by atoms with Crippen molar-refractivity contribution in [3.05, 3.63) is 23.9 Å². The van der Waals surface area contributed by atoms with Gasteiger partial charge in [0.1, 0.15) is 5.82 Å². The highest BCUT2D eigenvalue weighted by molar-refractivity contribution is 5.93. The Morgan fingerprint density at radius 1 is 1.37 bits per heavy atom. The Hall–Kier alpha value is -1.58. The maximum Gasteiger partial charge on any atom is 0.254 e. The molecule has 0 aromatic carbocycles. The minimum absolute atomic E-state index is 0.0185. The van der Waals surface area contributed by atoms with Crippen LogP contribution < -0.4 is 5.32 Å². The number of pyridine rings is 1. The van der Waals surface area contributed by atoms with Gasteiger partial charge in [-0.15, -0.1) is 0 Å². The summed E-state index contributed by atoms with van der Waals surface area (Å²) in [4.78, 5) is 17.6. The Bertz CT molecular complexity index is 387. The number of anilines is 1. The number of amides is 1. The predicted molar refractivity (Wildman–Crippen MR) is 79.5 cm³/mol. The molecule has 1 N–H and O–H groups in total. The van der Waals surface area contributed by atoms with Crippen LogP contribution in [0.5, 0.6) is 0 Å². The predicted octanol–water partition coefficient (Wildman–Crippen LogP) is 3.16. The van der Waals surface area contributed by atoms with E-state index in [1.807, 2.05) is 12.1 Å². The van der Waals surface area contributed by atoms with Gasteiger partial charge in [0.05, 0.1) is 5.56 Å². The van der Waals surface area contributed by atoms with Crippen LogP contribution >= 0.6 is 0 Å². The van der Waals surface area contributed by atoms with E-state index in [9.17, 15) is 4.79 Å². The maximum atomic E-state index is 11.7. The van der Waals surface area contributed by atoms with E-state index >= 15 is 0 Å². The molecule has 0 aliphatic heterocycles. The van der Waals surface area contributed by atoms with Crippen LogP contribution in [0.3, 0.4) is 0 Å². The highest BCUT2D eigenvalue weighted by Crippen LogP contribution is 2.11. The fourth-order valence-corrected chi connectivity index (χ4v) is 1.89. The molecule has 1 unspecified atom stereocenters. The van der Waals surface area contributed by atoms with E-state index in [2.05, 4.69) is 24.1 Å². The second-order valence-corrected chi connectivity index (χ2v) is 5.17. The van der Waals surface area contributed by atoms with Gasteiger partial charge in [-0.25, -0.2) is 4.98 Å². The van der Waals surface area contributed by atoms with Gasteiger partial charge < -0.3 is 10.2 Å². The Labute approximate surface area is 116 Å². The van der Waals surface area contributed by atoms with Gasteiger partial charge in [0, 0.05) is 26.3 Å². The molecule has 0 spiro atoms. The molecule has 4 heteroatoms. The summed E-state index contributed by atoms with van der Waals surface area (Å²) in [6.45, 7) is 4.37. The molecule has 4 nitrogen and oxygen atoms in total. The van der Waals surface area contributed by atoms with E-state index in [0.717, 1.165) is 12.2 Å². The van der Waals surface area contributed by atoms with Gasteiger partial charge >= 0.3 is 0 Å². The van der Waals surface area contributed by atoms with E-state index in [4.69, 9.17) is 0 Å². The lowest BCUT2D eigenvalue weighted by Crippen LogP contribution is -2.22. The molecule has 0 aliphatic rings. The first-order valence-corrected chi connectivity index (χ1v) is 6.98. The molecular weight excluding hydrogens is 238 g/mol. The SMILES string of the molecule is CCCCCC(C)Nc1ccc(C(=O)N(C)C)cn1. The number of hydrogen-bond acceptors (Lipinski definition) is 3. The normalized spacial score (nSPS) is 12.0. The first-order valence-electron chi connectivity index (χ1n) is 6.98. The summed E-state index contributed by atoms with van der Waals surface area (Å²) in [7, 11) is 3.48. The molecule has 106 valence electrons. The number of aromatic nitrogens is 1. The lowest BCUT2D eigenvalue weighted by atomic mass is 10.1. The number of hydrogen-bond donors (Lipinski definition) is 1. The highest BCUT2D eigenvalue weighted by Gasteiger charge is 2.08. The van der Waals surface area contributed by atoms with Crippen molar-refractivity contribution < 1.29 is 4.79 Å². The third-order valence-electron chi connectivity index (χ3n) is 3.05. The molecule has 1 aromatic heterocycles. The third-order valence-corrected chi connectivity index (χ3v) is 3.05. The molecule has 0 radical (unpaired) electrons. The Balaban J connectivity index is 2.50. The molecule has 1 aromatic rings. The van der Waals surface area contributed by atoms with Crippen molar-refractivity contribution >= 4 is 11.7 Å². The number of carbonyl (C=O) groups excluding carboxylic acids is 1. The van der Waals surface area contributed by atoms with Crippen LogP contribution in [-0.2, 0) is 0 Å². The number of rotatable bonds is 7. The van der Waals surface area contributed by atoms with Crippen LogP contribution in [0.15, 0.2) is 18.3 Å². The van der Waals surface area contributed by atoms with Gasteiger partial charge in [0.15, 0.2) is 0 Å². The number of carbonyl (C=O) groups is 1.